The van der Waals surface area contributed by atoms with Gasteiger partial charge in [-0.25, -0.2) is 0 Å². The van der Waals surface area contributed by atoms with E-state index in [0.717, 1.165) is 17.3 Å². The van der Waals surface area contributed by atoms with Gasteiger partial charge >= 0.3 is 0 Å². The minimum absolute atomic E-state index is 0.323. The normalized spacial score (nSPS) is 10.8. The molecule has 0 saturated heterocycles. The molecule has 0 amide bonds. The molecule has 0 aliphatic rings. The van der Waals surface area contributed by atoms with Gasteiger partial charge in [-0.1, -0.05) is 6.92 Å². The van der Waals surface area contributed by atoms with Crippen LogP contribution in [0.5, 0.6) is 5.75 Å². The molecule has 0 aliphatic heterocycles. The SMILES string of the molecule is CCc1cc2cc(O)ccc2[nH]1. The van der Waals surface area contributed by atoms with E-state index in [9.17, 15) is 5.11 Å². The molecule has 1 heterocycles. The lowest BCUT2D eigenvalue weighted by Gasteiger charge is -1.89. The molecule has 2 nitrogen and oxygen atoms in total. The van der Waals surface area contributed by atoms with Crippen LogP contribution < -0.4 is 0 Å². The molecule has 2 aromatic rings. The Bertz CT molecular complexity index is 403. The van der Waals surface area contributed by atoms with Crippen molar-refractivity contribution in [2.45, 2.75) is 13.3 Å². The number of nitrogens with one attached hydrogen (secondary N) is 1. The first-order valence-corrected chi connectivity index (χ1v) is 4.10. The van der Waals surface area contributed by atoms with Gasteiger partial charge in [0.15, 0.2) is 0 Å². The molecule has 0 radical (unpaired) electrons. The molecule has 0 fully saturated rings. The van der Waals surface area contributed by atoms with Gasteiger partial charge in [0.2, 0.25) is 0 Å². The minimum Gasteiger partial charge on any atom is -0.508 e. The van der Waals surface area contributed by atoms with E-state index in [2.05, 4.69) is 18.0 Å². The van der Waals surface area contributed by atoms with E-state index in [1.165, 1.54) is 5.69 Å². The highest BCUT2D eigenvalue weighted by Crippen LogP contribution is 2.20. The van der Waals surface area contributed by atoms with Crippen molar-refractivity contribution in [1.29, 1.82) is 0 Å². The van der Waals surface area contributed by atoms with Crippen LogP contribution in [0.15, 0.2) is 24.3 Å². The van der Waals surface area contributed by atoms with Crippen LogP contribution in [-0.4, -0.2) is 10.1 Å². The third kappa shape index (κ3) is 1.05. The Morgan fingerprint density at radius 2 is 2.17 bits per heavy atom. The number of fused-ring (bicyclic) bond motifs is 1. The molecule has 2 heteroatoms. The first-order chi connectivity index (χ1) is 5.79. The van der Waals surface area contributed by atoms with Gasteiger partial charge in [0, 0.05) is 16.6 Å². The molecule has 62 valence electrons. The zero-order chi connectivity index (χ0) is 8.55. The maximum Gasteiger partial charge on any atom is 0.116 e. The van der Waals surface area contributed by atoms with E-state index >= 15 is 0 Å². The molecule has 0 unspecified atom stereocenters. The lowest BCUT2D eigenvalue weighted by atomic mass is 10.2. The van der Waals surface area contributed by atoms with Crippen LogP contribution in [0.3, 0.4) is 0 Å². The average Bonchev–Trinajstić information content (AvgIpc) is 2.46. The van der Waals surface area contributed by atoms with Crippen LogP contribution in [0.25, 0.3) is 10.9 Å². The number of rotatable bonds is 1. The first kappa shape index (κ1) is 7.22. The Labute approximate surface area is 70.8 Å². The fourth-order valence-corrected chi connectivity index (χ4v) is 1.37. The maximum atomic E-state index is 9.20. The van der Waals surface area contributed by atoms with Gasteiger partial charge in [0.05, 0.1) is 0 Å². The number of phenols is 1. The van der Waals surface area contributed by atoms with Crippen molar-refractivity contribution in [2.24, 2.45) is 0 Å². The first-order valence-electron chi connectivity index (χ1n) is 4.10. The third-order valence-electron chi connectivity index (χ3n) is 2.04. The third-order valence-corrected chi connectivity index (χ3v) is 2.04. The minimum atomic E-state index is 0.323. The summed E-state index contributed by atoms with van der Waals surface area (Å²) < 4.78 is 0. The molecular formula is C10H11NO. The summed E-state index contributed by atoms with van der Waals surface area (Å²) in [6.07, 6.45) is 0.995. The van der Waals surface area contributed by atoms with Crippen LogP contribution in [0.1, 0.15) is 12.6 Å². The number of benzene rings is 1. The average molecular weight is 161 g/mol. The topological polar surface area (TPSA) is 36.0 Å². The summed E-state index contributed by atoms with van der Waals surface area (Å²) in [6, 6.07) is 7.42. The molecule has 12 heavy (non-hydrogen) atoms. The summed E-state index contributed by atoms with van der Waals surface area (Å²) in [6.45, 7) is 2.10. The second-order valence-corrected chi connectivity index (χ2v) is 2.92. The number of hydrogen-bond donors (Lipinski definition) is 2. The predicted octanol–water partition coefficient (Wildman–Crippen LogP) is 2.44. The monoisotopic (exact) mass is 161 g/mol. The second-order valence-electron chi connectivity index (χ2n) is 2.92. The molecule has 1 aromatic carbocycles. The van der Waals surface area contributed by atoms with Crippen LogP contribution in [0, 0.1) is 0 Å². The summed E-state index contributed by atoms with van der Waals surface area (Å²) in [4.78, 5) is 3.26. The Kier molecular flexibility index (Phi) is 1.54. The van der Waals surface area contributed by atoms with Crippen molar-refractivity contribution in [3.63, 3.8) is 0 Å². The van der Waals surface area contributed by atoms with Gasteiger partial charge in [-0.15, -0.1) is 0 Å². The number of aryl methyl sites for hydroxylation is 1. The van der Waals surface area contributed by atoms with Gasteiger partial charge in [-0.3, -0.25) is 0 Å². The van der Waals surface area contributed by atoms with Crippen LogP contribution in [-0.2, 0) is 6.42 Å². The Balaban J connectivity index is 2.67. The van der Waals surface area contributed by atoms with Gasteiger partial charge in [-0.2, -0.15) is 0 Å². The highest BCUT2D eigenvalue weighted by molar-refractivity contribution is 5.81. The zero-order valence-electron chi connectivity index (χ0n) is 6.96. The fourth-order valence-electron chi connectivity index (χ4n) is 1.37. The largest absolute Gasteiger partial charge is 0.508 e. The van der Waals surface area contributed by atoms with Gasteiger partial charge in [0.25, 0.3) is 0 Å². The molecule has 2 N–H and O–H groups in total. The highest BCUT2D eigenvalue weighted by Gasteiger charge is 1.98. The van der Waals surface area contributed by atoms with Crippen molar-refractivity contribution in [2.75, 3.05) is 0 Å². The van der Waals surface area contributed by atoms with E-state index in [4.69, 9.17) is 0 Å². The van der Waals surface area contributed by atoms with Crippen molar-refractivity contribution >= 4 is 10.9 Å². The zero-order valence-corrected chi connectivity index (χ0v) is 6.96. The van der Waals surface area contributed by atoms with E-state index in [1.54, 1.807) is 12.1 Å². The van der Waals surface area contributed by atoms with Crippen molar-refractivity contribution in [3.8, 4) is 5.75 Å². The Morgan fingerprint density at radius 3 is 2.92 bits per heavy atom. The van der Waals surface area contributed by atoms with Crippen molar-refractivity contribution in [3.05, 3.63) is 30.0 Å². The fraction of sp³-hybridized carbons (Fsp3) is 0.200. The van der Waals surface area contributed by atoms with Gasteiger partial charge in [-0.05, 0) is 30.7 Å². The summed E-state index contributed by atoms with van der Waals surface area (Å²) >= 11 is 0. The predicted molar refractivity (Wildman–Crippen MR) is 49.3 cm³/mol. The van der Waals surface area contributed by atoms with Crippen molar-refractivity contribution in [1.82, 2.24) is 4.98 Å². The number of aromatic nitrogens is 1. The summed E-state index contributed by atoms with van der Waals surface area (Å²) in [5.74, 6) is 0.323. The number of H-pyrrole nitrogens is 1. The summed E-state index contributed by atoms with van der Waals surface area (Å²) in [7, 11) is 0. The number of phenolic OH excluding ortho intramolecular Hbond substituents is 1. The van der Waals surface area contributed by atoms with Crippen molar-refractivity contribution < 1.29 is 5.11 Å². The molecule has 2 rings (SSSR count). The molecule has 1 aromatic heterocycles. The lowest BCUT2D eigenvalue weighted by Crippen LogP contribution is -1.74. The summed E-state index contributed by atoms with van der Waals surface area (Å²) in [5.41, 5.74) is 2.29. The Hall–Kier alpha value is -1.44. The Morgan fingerprint density at radius 1 is 1.33 bits per heavy atom. The quantitative estimate of drug-likeness (QED) is 0.662. The maximum absolute atomic E-state index is 9.20. The second kappa shape index (κ2) is 2.55. The summed E-state index contributed by atoms with van der Waals surface area (Å²) in [5, 5.41) is 10.3. The lowest BCUT2D eigenvalue weighted by molar-refractivity contribution is 0.476. The smallest absolute Gasteiger partial charge is 0.116 e. The van der Waals surface area contributed by atoms with Gasteiger partial charge in [0.1, 0.15) is 5.75 Å². The van der Waals surface area contributed by atoms with E-state index in [1.807, 2.05) is 6.07 Å². The molecule has 0 saturated carbocycles. The number of aromatic amines is 1. The van der Waals surface area contributed by atoms with E-state index in [-0.39, 0.29) is 0 Å². The van der Waals surface area contributed by atoms with Crippen LogP contribution in [0.4, 0.5) is 0 Å². The standard InChI is InChI=1S/C10H11NO/c1-2-8-5-7-6-9(12)3-4-10(7)11-8/h3-6,11-12H,2H2,1H3. The van der Waals surface area contributed by atoms with E-state index < -0.39 is 0 Å². The molecule has 0 aliphatic carbocycles. The van der Waals surface area contributed by atoms with E-state index in [0.29, 0.717) is 5.75 Å². The van der Waals surface area contributed by atoms with Gasteiger partial charge < -0.3 is 10.1 Å². The van der Waals surface area contributed by atoms with Crippen LogP contribution in [0.2, 0.25) is 0 Å². The molecule has 0 spiro atoms. The number of hydrogen-bond acceptors (Lipinski definition) is 1. The molecular weight excluding hydrogens is 150 g/mol. The molecule has 0 atom stereocenters. The number of aromatic hydroxyl groups is 1. The highest BCUT2D eigenvalue weighted by atomic mass is 16.3. The van der Waals surface area contributed by atoms with Crippen LogP contribution >= 0.6 is 0 Å². The molecule has 0 bridgehead atoms.